The number of hydrogen-bond donors (Lipinski definition) is 1. The van der Waals surface area contributed by atoms with E-state index in [2.05, 4.69) is 20.4 Å². The molecule has 0 aliphatic carbocycles. The van der Waals surface area contributed by atoms with Gasteiger partial charge in [-0.25, -0.2) is 8.91 Å². The Labute approximate surface area is 141 Å². The van der Waals surface area contributed by atoms with Crippen LogP contribution in [0.3, 0.4) is 0 Å². The summed E-state index contributed by atoms with van der Waals surface area (Å²) in [5.74, 6) is -0.0638. The Kier molecular flexibility index (Phi) is 4.49. The van der Waals surface area contributed by atoms with E-state index in [1.54, 1.807) is 12.1 Å². The van der Waals surface area contributed by atoms with Crippen molar-refractivity contribution in [3.63, 3.8) is 0 Å². The van der Waals surface area contributed by atoms with Gasteiger partial charge in [-0.1, -0.05) is 19.9 Å². The maximum Gasteiger partial charge on any atom is 0.123 e. The molecule has 0 fully saturated rings. The number of allylic oxidation sites excluding steroid dienone is 1. The summed E-state index contributed by atoms with van der Waals surface area (Å²) in [5.41, 5.74) is 5.39. The average Bonchev–Trinajstić information content (AvgIpc) is 2.96. The van der Waals surface area contributed by atoms with Gasteiger partial charge in [0, 0.05) is 23.2 Å². The molecule has 0 unspecified atom stereocenters. The van der Waals surface area contributed by atoms with Gasteiger partial charge >= 0.3 is 0 Å². The average molecular weight is 324 g/mol. The maximum absolute atomic E-state index is 13.3. The van der Waals surface area contributed by atoms with Crippen molar-refractivity contribution in [1.29, 1.82) is 0 Å². The highest BCUT2D eigenvalue weighted by atomic mass is 19.1. The van der Waals surface area contributed by atoms with Gasteiger partial charge in [-0.15, -0.1) is 6.58 Å². The molecule has 4 heteroatoms. The van der Waals surface area contributed by atoms with Gasteiger partial charge in [0.25, 0.3) is 0 Å². The topological polar surface area (TPSA) is 37.5 Å². The second kappa shape index (κ2) is 6.57. The molecule has 0 saturated carbocycles. The number of benzene rings is 1. The standard InChI is InChI=1S/C20H21FN2O/c1-4-5-16-10-11-18-19(13(2)3)17(12-24)20(22-23(16)18)14-6-8-15(21)9-7-14/h4,6-11,13,24H,1,5,12H2,2-3H3. The van der Waals surface area contributed by atoms with E-state index in [0.717, 1.165) is 27.9 Å². The van der Waals surface area contributed by atoms with Crippen molar-refractivity contribution in [2.24, 2.45) is 0 Å². The summed E-state index contributed by atoms with van der Waals surface area (Å²) in [5, 5.41) is 14.7. The van der Waals surface area contributed by atoms with Crippen molar-refractivity contribution in [1.82, 2.24) is 9.61 Å². The lowest BCUT2D eigenvalue weighted by molar-refractivity contribution is 0.280. The second-order valence-electron chi connectivity index (χ2n) is 6.18. The molecule has 2 heterocycles. The summed E-state index contributed by atoms with van der Waals surface area (Å²) in [6.07, 6.45) is 2.55. The molecule has 2 aromatic heterocycles. The number of halogens is 1. The van der Waals surface area contributed by atoms with Gasteiger partial charge in [0.05, 0.1) is 17.8 Å². The van der Waals surface area contributed by atoms with Gasteiger partial charge < -0.3 is 5.11 Å². The number of rotatable bonds is 5. The Bertz CT molecular complexity index is 879. The fraction of sp³-hybridized carbons (Fsp3) is 0.250. The van der Waals surface area contributed by atoms with E-state index < -0.39 is 0 Å². The molecule has 0 saturated heterocycles. The fourth-order valence-corrected chi connectivity index (χ4v) is 3.18. The molecular weight excluding hydrogens is 303 g/mol. The van der Waals surface area contributed by atoms with Crippen LogP contribution in [0.15, 0.2) is 49.1 Å². The largest absolute Gasteiger partial charge is 0.392 e. The smallest absolute Gasteiger partial charge is 0.123 e. The van der Waals surface area contributed by atoms with E-state index in [-0.39, 0.29) is 18.3 Å². The first-order valence-corrected chi connectivity index (χ1v) is 8.08. The molecule has 3 aromatic rings. The van der Waals surface area contributed by atoms with Crippen LogP contribution in [0.2, 0.25) is 0 Å². The molecule has 1 N–H and O–H groups in total. The Morgan fingerprint density at radius 2 is 1.92 bits per heavy atom. The first kappa shape index (κ1) is 16.4. The maximum atomic E-state index is 13.3. The minimum atomic E-state index is -0.289. The number of aromatic nitrogens is 2. The zero-order chi connectivity index (χ0) is 17.3. The quantitative estimate of drug-likeness (QED) is 0.702. The molecule has 1 aromatic carbocycles. The second-order valence-corrected chi connectivity index (χ2v) is 6.18. The Balaban J connectivity index is 2.36. The number of aliphatic hydroxyl groups is 1. The molecule has 0 radical (unpaired) electrons. The van der Waals surface area contributed by atoms with Crippen LogP contribution < -0.4 is 0 Å². The molecule has 0 bridgehead atoms. The van der Waals surface area contributed by atoms with E-state index in [1.165, 1.54) is 12.1 Å². The third-order valence-corrected chi connectivity index (χ3v) is 4.23. The van der Waals surface area contributed by atoms with Gasteiger partial charge in [0.1, 0.15) is 5.82 Å². The SMILES string of the molecule is C=CCc1ccc2c(C(C)C)c(CO)c(-c3ccc(F)cc3)nn12. The first-order valence-electron chi connectivity index (χ1n) is 8.08. The van der Waals surface area contributed by atoms with Crippen LogP contribution in [0, 0.1) is 5.82 Å². The molecule has 0 atom stereocenters. The van der Waals surface area contributed by atoms with Crippen LogP contribution >= 0.6 is 0 Å². The van der Waals surface area contributed by atoms with Gasteiger partial charge in [0.15, 0.2) is 0 Å². The third kappa shape index (κ3) is 2.74. The van der Waals surface area contributed by atoms with Crippen molar-refractivity contribution < 1.29 is 9.50 Å². The van der Waals surface area contributed by atoms with Crippen molar-refractivity contribution in [2.75, 3.05) is 0 Å². The molecule has 0 aliphatic heterocycles. The predicted molar refractivity (Wildman–Crippen MR) is 94.5 cm³/mol. The number of hydrogen-bond acceptors (Lipinski definition) is 2. The molecule has 24 heavy (non-hydrogen) atoms. The Hall–Kier alpha value is -2.46. The monoisotopic (exact) mass is 324 g/mol. The van der Waals surface area contributed by atoms with Crippen LogP contribution in [0.5, 0.6) is 0 Å². The van der Waals surface area contributed by atoms with Crippen molar-refractivity contribution in [3.05, 3.63) is 71.7 Å². The molecule has 0 aliphatic rings. The molecule has 0 amide bonds. The van der Waals surface area contributed by atoms with Gasteiger partial charge in [-0.3, -0.25) is 0 Å². The molecule has 3 rings (SSSR count). The highest BCUT2D eigenvalue weighted by Crippen LogP contribution is 2.33. The van der Waals surface area contributed by atoms with Gasteiger partial charge in [0.2, 0.25) is 0 Å². The number of aliphatic hydroxyl groups excluding tert-OH is 1. The molecular formula is C20H21FN2O. The highest BCUT2D eigenvalue weighted by Gasteiger charge is 2.19. The van der Waals surface area contributed by atoms with E-state index in [4.69, 9.17) is 5.10 Å². The van der Waals surface area contributed by atoms with Crippen molar-refractivity contribution >= 4 is 5.52 Å². The van der Waals surface area contributed by atoms with Crippen molar-refractivity contribution in [3.8, 4) is 11.3 Å². The van der Waals surface area contributed by atoms with Crippen LogP contribution in [0.4, 0.5) is 4.39 Å². The summed E-state index contributed by atoms with van der Waals surface area (Å²) in [4.78, 5) is 0. The highest BCUT2D eigenvalue weighted by molar-refractivity contribution is 5.71. The summed E-state index contributed by atoms with van der Waals surface area (Å²) in [6.45, 7) is 7.90. The first-order chi connectivity index (χ1) is 11.6. The fourth-order valence-electron chi connectivity index (χ4n) is 3.18. The lowest BCUT2D eigenvalue weighted by atomic mass is 9.94. The molecule has 0 spiro atoms. The van der Waals surface area contributed by atoms with E-state index >= 15 is 0 Å². The van der Waals surface area contributed by atoms with E-state index in [9.17, 15) is 9.50 Å². The van der Waals surface area contributed by atoms with Crippen LogP contribution in [-0.2, 0) is 13.0 Å². The Morgan fingerprint density at radius 1 is 1.21 bits per heavy atom. The van der Waals surface area contributed by atoms with Gasteiger partial charge in [-0.2, -0.15) is 5.10 Å². The zero-order valence-corrected chi connectivity index (χ0v) is 14.0. The van der Waals surface area contributed by atoms with Crippen LogP contribution in [0.1, 0.15) is 36.6 Å². The summed E-state index contributed by atoms with van der Waals surface area (Å²) in [7, 11) is 0. The molecule has 124 valence electrons. The summed E-state index contributed by atoms with van der Waals surface area (Å²) in [6, 6.07) is 10.3. The van der Waals surface area contributed by atoms with E-state index in [1.807, 2.05) is 22.7 Å². The number of nitrogens with zero attached hydrogens (tertiary/aromatic N) is 2. The normalized spacial score (nSPS) is 11.4. The number of fused-ring (bicyclic) bond motifs is 1. The Morgan fingerprint density at radius 3 is 2.50 bits per heavy atom. The van der Waals surface area contributed by atoms with Crippen molar-refractivity contribution in [2.45, 2.75) is 32.8 Å². The minimum absolute atomic E-state index is 0.105. The predicted octanol–water partition coefficient (Wildman–Crippen LogP) is 4.48. The van der Waals surface area contributed by atoms with E-state index in [0.29, 0.717) is 12.1 Å². The lowest BCUT2D eigenvalue weighted by Crippen LogP contribution is -2.09. The summed E-state index contributed by atoms with van der Waals surface area (Å²) >= 11 is 0. The summed E-state index contributed by atoms with van der Waals surface area (Å²) < 4.78 is 15.2. The lowest BCUT2D eigenvalue weighted by Gasteiger charge is -2.18. The third-order valence-electron chi connectivity index (χ3n) is 4.23. The van der Waals surface area contributed by atoms with Crippen LogP contribution in [-0.4, -0.2) is 14.7 Å². The zero-order valence-electron chi connectivity index (χ0n) is 14.0. The van der Waals surface area contributed by atoms with Gasteiger partial charge in [-0.05, 0) is 47.9 Å². The molecule has 3 nitrogen and oxygen atoms in total. The minimum Gasteiger partial charge on any atom is -0.392 e. The van der Waals surface area contributed by atoms with Crippen LogP contribution in [0.25, 0.3) is 16.8 Å².